The first kappa shape index (κ1) is 25.1. The second-order valence-electron chi connectivity index (χ2n) is 7.69. The van der Waals surface area contributed by atoms with Gasteiger partial charge >= 0.3 is 16.2 Å². The molecule has 12 heteroatoms. The number of rotatable bonds is 10. The number of aromatic nitrogens is 3. The van der Waals surface area contributed by atoms with Gasteiger partial charge < -0.3 is 19.2 Å². The molecule has 182 valence electrons. The summed E-state index contributed by atoms with van der Waals surface area (Å²) in [5.41, 5.74) is 6.12. The van der Waals surface area contributed by atoms with Crippen molar-refractivity contribution in [1.82, 2.24) is 14.5 Å². The van der Waals surface area contributed by atoms with Gasteiger partial charge in [0.1, 0.15) is 29.8 Å². The van der Waals surface area contributed by atoms with Crippen molar-refractivity contribution >= 4 is 16.2 Å². The van der Waals surface area contributed by atoms with Gasteiger partial charge in [-0.1, -0.05) is 13.8 Å². The van der Waals surface area contributed by atoms with Crippen LogP contribution in [-0.4, -0.2) is 35.7 Å². The van der Waals surface area contributed by atoms with Crippen molar-refractivity contribution in [2.75, 3.05) is 6.61 Å². The highest BCUT2D eigenvalue weighted by atomic mass is 32.2. The summed E-state index contributed by atoms with van der Waals surface area (Å²) in [6.45, 7) is 3.57. The Hall–Kier alpha value is -3.54. The number of hydrogen-bond donors (Lipinski definition) is 1. The Kier molecular flexibility index (Phi) is 7.82. The summed E-state index contributed by atoms with van der Waals surface area (Å²) in [7, 11) is -4.56. The van der Waals surface area contributed by atoms with Crippen molar-refractivity contribution in [3.8, 4) is 5.75 Å². The predicted molar refractivity (Wildman–Crippen MR) is 118 cm³/mol. The van der Waals surface area contributed by atoms with E-state index >= 15 is 0 Å². The first-order valence-corrected chi connectivity index (χ1v) is 11.8. The maximum absolute atomic E-state index is 13.6. The highest BCUT2D eigenvalue weighted by Crippen LogP contribution is 2.29. The van der Waals surface area contributed by atoms with Gasteiger partial charge in [-0.15, -0.1) is 0 Å². The van der Waals surface area contributed by atoms with Gasteiger partial charge in [0.15, 0.2) is 5.03 Å². The van der Waals surface area contributed by atoms with E-state index in [1.807, 2.05) is 0 Å². The van der Waals surface area contributed by atoms with Crippen LogP contribution in [0.5, 0.6) is 5.75 Å². The van der Waals surface area contributed by atoms with Crippen LogP contribution in [0, 0.1) is 11.6 Å². The van der Waals surface area contributed by atoms with Crippen LogP contribution in [0.3, 0.4) is 0 Å². The maximum atomic E-state index is 13.6. The van der Waals surface area contributed by atoms with Crippen molar-refractivity contribution in [2.24, 2.45) is 5.73 Å². The molecule has 0 aliphatic rings. The second kappa shape index (κ2) is 10.6. The van der Waals surface area contributed by atoms with E-state index in [0.717, 1.165) is 17.7 Å². The zero-order valence-electron chi connectivity index (χ0n) is 18.6. The molecule has 0 atom stereocenters. The first-order chi connectivity index (χ1) is 16.1. The molecule has 0 unspecified atom stereocenters. The number of nitrogens with two attached hydrogens (primary N) is 1. The fourth-order valence-electron chi connectivity index (χ4n) is 3.34. The van der Waals surface area contributed by atoms with E-state index in [9.17, 15) is 22.0 Å². The molecule has 2 aromatic heterocycles. The molecule has 1 aromatic carbocycles. The summed E-state index contributed by atoms with van der Waals surface area (Å²) in [4.78, 5) is 19.4. The molecule has 0 aliphatic carbocycles. The van der Waals surface area contributed by atoms with E-state index in [-0.39, 0.29) is 36.2 Å². The van der Waals surface area contributed by atoms with Crippen LogP contribution in [0.2, 0.25) is 0 Å². The molecule has 0 radical (unpaired) electrons. The number of pyridine rings is 1. The van der Waals surface area contributed by atoms with Gasteiger partial charge in [0.05, 0.1) is 5.69 Å². The largest absolute Gasteiger partial charge is 0.449 e. The Labute approximate surface area is 195 Å². The molecule has 0 aliphatic heterocycles. The molecular weight excluding hydrogens is 470 g/mol. The normalized spacial score (nSPS) is 11.6. The van der Waals surface area contributed by atoms with Crippen LogP contribution < -0.4 is 9.92 Å². The zero-order valence-corrected chi connectivity index (χ0v) is 19.4. The van der Waals surface area contributed by atoms with E-state index in [4.69, 9.17) is 14.7 Å². The third-order valence-corrected chi connectivity index (χ3v) is 6.11. The van der Waals surface area contributed by atoms with Gasteiger partial charge in [-0.3, -0.25) is 4.98 Å². The van der Waals surface area contributed by atoms with Crippen LogP contribution in [-0.2, 0) is 34.2 Å². The zero-order chi connectivity index (χ0) is 24.9. The first-order valence-electron chi connectivity index (χ1n) is 10.4. The minimum atomic E-state index is -4.56. The van der Waals surface area contributed by atoms with Crippen LogP contribution in [0.4, 0.5) is 13.6 Å². The van der Waals surface area contributed by atoms with Gasteiger partial charge in [0.2, 0.25) is 0 Å². The number of hydrogen-bond acceptors (Lipinski definition) is 7. The van der Waals surface area contributed by atoms with Gasteiger partial charge in [0.25, 0.3) is 0 Å². The van der Waals surface area contributed by atoms with Crippen molar-refractivity contribution in [3.05, 3.63) is 71.4 Å². The third kappa shape index (κ3) is 6.28. The topological polar surface area (TPSA) is 126 Å². The predicted octanol–water partition coefficient (Wildman–Crippen LogP) is 3.33. The summed E-state index contributed by atoms with van der Waals surface area (Å²) in [6.07, 6.45) is 2.77. The molecule has 1 amide bonds. The van der Waals surface area contributed by atoms with Crippen molar-refractivity contribution in [2.45, 2.75) is 44.2 Å². The number of aryl methyl sites for hydroxylation is 1. The number of primary amides is 1. The minimum Gasteiger partial charge on any atom is -0.449 e. The molecule has 3 aromatic rings. The highest BCUT2D eigenvalue weighted by Gasteiger charge is 2.31. The van der Waals surface area contributed by atoms with Gasteiger partial charge in [-0.25, -0.2) is 18.6 Å². The summed E-state index contributed by atoms with van der Waals surface area (Å²) in [5.74, 6) is -2.48. The molecule has 3 rings (SSSR count). The van der Waals surface area contributed by atoms with E-state index in [0.29, 0.717) is 18.3 Å². The number of ether oxygens (including phenoxy) is 1. The fraction of sp³-hybridized carbons (Fsp3) is 0.318. The number of benzene rings is 1. The van der Waals surface area contributed by atoms with Crippen LogP contribution in [0.1, 0.15) is 36.8 Å². The Morgan fingerprint density at radius 2 is 1.76 bits per heavy atom. The lowest BCUT2D eigenvalue weighted by atomic mass is 10.1. The molecule has 0 spiro atoms. The lowest BCUT2D eigenvalue weighted by Crippen LogP contribution is -2.20. The van der Waals surface area contributed by atoms with Gasteiger partial charge in [-0.05, 0) is 30.0 Å². The monoisotopic (exact) mass is 494 g/mol. The SMILES string of the molecule is CC(C)c1nc(CCOC(N)=O)n(CCc2ccncc2)c1S(=O)(=O)Oc1cc(F)cc(F)c1. The summed E-state index contributed by atoms with van der Waals surface area (Å²) < 4.78 is 65.3. The van der Waals surface area contributed by atoms with E-state index in [2.05, 4.69) is 9.97 Å². The highest BCUT2D eigenvalue weighted by molar-refractivity contribution is 7.87. The minimum absolute atomic E-state index is 0.0864. The van der Waals surface area contributed by atoms with E-state index < -0.39 is 33.6 Å². The van der Waals surface area contributed by atoms with Crippen molar-refractivity contribution in [1.29, 1.82) is 0 Å². The van der Waals surface area contributed by atoms with E-state index in [1.165, 1.54) is 4.57 Å². The maximum Gasteiger partial charge on any atom is 0.404 e. The smallest absolute Gasteiger partial charge is 0.404 e. The molecule has 0 saturated heterocycles. The van der Waals surface area contributed by atoms with Crippen molar-refractivity contribution in [3.63, 3.8) is 0 Å². The molecule has 34 heavy (non-hydrogen) atoms. The molecule has 9 nitrogen and oxygen atoms in total. The fourth-order valence-corrected chi connectivity index (χ4v) is 4.77. The third-order valence-electron chi connectivity index (χ3n) is 4.79. The van der Waals surface area contributed by atoms with Crippen LogP contribution >= 0.6 is 0 Å². The van der Waals surface area contributed by atoms with E-state index in [1.54, 1.807) is 38.4 Å². The standard InChI is InChI=1S/C22H24F2N4O5S/c1-14(2)20-21(34(30,31)33-18-12-16(23)11-17(24)13-18)28(9-5-15-3-7-26-8-4-15)19(27-20)6-10-32-22(25)29/h3-4,7-8,11-14H,5-6,9-10H2,1-2H3,(H2,25,29). The molecule has 0 bridgehead atoms. The number of halogens is 2. The summed E-state index contributed by atoms with van der Waals surface area (Å²) in [6, 6.07) is 5.73. The Morgan fingerprint density at radius 3 is 2.35 bits per heavy atom. The molecule has 0 saturated carbocycles. The number of imidazole rings is 1. The summed E-state index contributed by atoms with van der Waals surface area (Å²) >= 11 is 0. The quantitative estimate of drug-likeness (QED) is 0.428. The average Bonchev–Trinajstić information content (AvgIpc) is 3.11. The molecule has 2 heterocycles. The average molecular weight is 495 g/mol. The lowest BCUT2D eigenvalue weighted by molar-refractivity contribution is 0.157. The number of nitrogens with zero attached hydrogens (tertiary/aromatic N) is 3. The van der Waals surface area contributed by atoms with Crippen molar-refractivity contribution < 1.29 is 30.9 Å². The van der Waals surface area contributed by atoms with Crippen LogP contribution in [0.25, 0.3) is 0 Å². The number of carbonyl (C=O) groups excluding carboxylic acids is 1. The summed E-state index contributed by atoms with van der Waals surface area (Å²) in [5, 5.41) is -0.240. The Balaban J connectivity index is 2.05. The van der Waals surface area contributed by atoms with Gasteiger partial charge in [0, 0.05) is 43.6 Å². The molecule has 0 fully saturated rings. The van der Waals surface area contributed by atoms with Gasteiger partial charge in [-0.2, -0.15) is 8.42 Å². The Morgan fingerprint density at radius 1 is 1.12 bits per heavy atom. The lowest BCUT2D eigenvalue weighted by Gasteiger charge is -2.15. The Bertz CT molecular complexity index is 1240. The molecular formula is C22H24F2N4O5S. The molecule has 2 N–H and O–H groups in total. The number of amides is 1. The van der Waals surface area contributed by atoms with Crippen LogP contribution in [0.15, 0.2) is 47.8 Å². The number of carbonyl (C=O) groups is 1. The second-order valence-corrected chi connectivity index (χ2v) is 9.15.